The van der Waals surface area contributed by atoms with Gasteiger partial charge in [-0.15, -0.1) is 0 Å². The van der Waals surface area contributed by atoms with Gasteiger partial charge in [0.25, 0.3) is 0 Å². The molecule has 0 aliphatic heterocycles. The molecule has 2 unspecified atom stereocenters. The molecular formula is C13H10O7S2. The topological polar surface area (TPSA) is 110 Å². The van der Waals surface area contributed by atoms with Crippen LogP contribution < -0.4 is 9.47 Å². The van der Waals surface area contributed by atoms with Crippen LogP contribution in [0.3, 0.4) is 0 Å². The first-order chi connectivity index (χ1) is 10.5. The summed E-state index contributed by atoms with van der Waals surface area (Å²) in [7, 11) is 0. The lowest BCUT2D eigenvalue weighted by Crippen LogP contribution is -2.13. The van der Waals surface area contributed by atoms with Crippen LogP contribution >= 0.6 is 0 Å². The number of carbonyl (C=O) groups is 1. The number of rotatable bonds is 4. The quantitative estimate of drug-likeness (QED) is 0.499. The van der Waals surface area contributed by atoms with E-state index in [0.717, 1.165) is 0 Å². The molecule has 0 heterocycles. The van der Waals surface area contributed by atoms with Crippen LogP contribution in [0.15, 0.2) is 58.3 Å². The van der Waals surface area contributed by atoms with Gasteiger partial charge in [-0.2, -0.15) is 0 Å². The Bertz CT molecular complexity index is 649. The number of ether oxygens (including phenoxy) is 2. The van der Waals surface area contributed by atoms with Crippen molar-refractivity contribution < 1.29 is 31.8 Å². The first kappa shape index (κ1) is 16.3. The molecule has 0 aromatic heterocycles. The van der Waals surface area contributed by atoms with Gasteiger partial charge in [0.1, 0.15) is 11.5 Å². The van der Waals surface area contributed by atoms with Crippen LogP contribution in [0.1, 0.15) is 0 Å². The van der Waals surface area contributed by atoms with Gasteiger partial charge in [-0.1, -0.05) is 0 Å². The molecule has 7 nitrogen and oxygen atoms in total. The highest BCUT2D eigenvalue weighted by Gasteiger charge is 2.09. The maximum Gasteiger partial charge on any atom is 0.519 e. The molecule has 0 saturated carbocycles. The normalized spacial score (nSPS) is 13.2. The lowest BCUT2D eigenvalue weighted by molar-refractivity contribution is 0.152. The third-order valence-corrected chi connectivity index (χ3v) is 3.80. The molecule has 0 aliphatic rings. The highest BCUT2D eigenvalue weighted by atomic mass is 32.2. The number of benzene rings is 2. The molecule has 9 heteroatoms. The maximum atomic E-state index is 11.6. The Labute approximate surface area is 130 Å². The predicted molar refractivity (Wildman–Crippen MR) is 77.6 cm³/mol. The van der Waals surface area contributed by atoms with E-state index >= 15 is 0 Å². The Hall–Kier alpha value is -2.07. The third kappa shape index (κ3) is 4.46. The number of hydrogen-bond acceptors (Lipinski definition) is 5. The molecule has 116 valence electrons. The number of hydrogen-bond donors (Lipinski definition) is 2. The second kappa shape index (κ2) is 7.27. The van der Waals surface area contributed by atoms with Gasteiger partial charge in [-0.3, -0.25) is 0 Å². The van der Waals surface area contributed by atoms with Gasteiger partial charge in [-0.05, 0) is 48.5 Å². The van der Waals surface area contributed by atoms with Gasteiger partial charge in [0.2, 0.25) is 0 Å². The zero-order valence-corrected chi connectivity index (χ0v) is 12.5. The Morgan fingerprint density at radius 3 is 1.32 bits per heavy atom. The lowest BCUT2D eigenvalue weighted by Gasteiger charge is -2.06. The second-order valence-corrected chi connectivity index (χ2v) is 5.83. The van der Waals surface area contributed by atoms with Crippen LogP contribution in [0.4, 0.5) is 4.79 Å². The van der Waals surface area contributed by atoms with Crippen molar-refractivity contribution >= 4 is 28.3 Å². The van der Waals surface area contributed by atoms with Crippen LogP contribution in [-0.4, -0.2) is 23.7 Å². The van der Waals surface area contributed by atoms with Crippen LogP contribution in [0.25, 0.3) is 0 Å². The van der Waals surface area contributed by atoms with Gasteiger partial charge in [0, 0.05) is 0 Å². The molecule has 0 radical (unpaired) electrons. The zero-order valence-electron chi connectivity index (χ0n) is 10.9. The van der Waals surface area contributed by atoms with Gasteiger partial charge < -0.3 is 18.6 Å². The summed E-state index contributed by atoms with van der Waals surface area (Å²) in [5.41, 5.74) is 0. The molecule has 0 saturated heterocycles. The summed E-state index contributed by atoms with van der Waals surface area (Å²) in [5.74, 6) is 0.291. The fourth-order valence-electron chi connectivity index (χ4n) is 1.46. The third-order valence-electron chi connectivity index (χ3n) is 2.45. The largest absolute Gasteiger partial charge is 0.519 e. The first-order valence-corrected chi connectivity index (χ1v) is 7.98. The molecule has 0 aliphatic carbocycles. The zero-order chi connectivity index (χ0) is 16.1. The van der Waals surface area contributed by atoms with Crippen molar-refractivity contribution in [2.45, 2.75) is 9.79 Å². The monoisotopic (exact) mass is 342 g/mol. The maximum absolute atomic E-state index is 11.6. The molecule has 0 fully saturated rings. The Morgan fingerprint density at radius 2 is 1.05 bits per heavy atom. The SMILES string of the molecule is O=C(Oc1ccc(S(=O)O)cc1)Oc1ccc(S(=O)O)cc1. The van der Waals surface area contributed by atoms with E-state index in [0.29, 0.717) is 0 Å². The van der Waals surface area contributed by atoms with E-state index in [2.05, 4.69) is 0 Å². The van der Waals surface area contributed by atoms with E-state index in [4.69, 9.17) is 18.6 Å². The molecule has 2 N–H and O–H groups in total. The summed E-state index contributed by atoms with van der Waals surface area (Å²) >= 11 is -4.21. The van der Waals surface area contributed by atoms with Crippen LogP contribution in [0.5, 0.6) is 11.5 Å². The summed E-state index contributed by atoms with van der Waals surface area (Å²) in [6, 6.07) is 10.7. The van der Waals surface area contributed by atoms with E-state index in [9.17, 15) is 13.2 Å². The van der Waals surface area contributed by atoms with Crippen LogP contribution in [0, 0.1) is 0 Å². The Kier molecular flexibility index (Phi) is 5.39. The van der Waals surface area contributed by atoms with E-state index in [-0.39, 0.29) is 21.3 Å². The van der Waals surface area contributed by atoms with Crippen molar-refractivity contribution in [2.75, 3.05) is 0 Å². The fraction of sp³-hybridized carbons (Fsp3) is 0. The lowest BCUT2D eigenvalue weighted by atomic mass is 10.3. The van der Waals surface area contributed by atoms with Crippen LogP contribution in [-0.2, 0) is 22.2 Å². The first-order valence-electron chi connectivity index (χ1n) is 5.77. The van der Waals surface area contributed by atoms with Gasteiger partial charge in [0.05, 0.1) is 9.79 Å². The standard InChI is InChI=1S/C13H10O7S2/c14-13(19-9-1-5-11(6-2-9)21(15)16)20-10-3-7-12(8-4-10)22(17)18/h1-8H,(H,15,16)(H,17,18). The van der Waals surface area contributed by atoms with Crippen molar-refractivity contribution in [3.05, 3.63) is 48.5 Å². The summed E-state index contributed by atoms with van der Waals surface area (Å²) < 4.78 is 49.0. The average molecular weight is 342 g/mol. The summed E-state index contributed by atoms with van der Waals surface area (Å²) in [6.07, 6.45) is -1.00. The summed E-state index contributed by atoms with van der Waals surface area (Å²) in [5, 5.41) is 0. The van der Waals surface area contributed by atoms with Crippen LogP contribution in [0.2, 0.25) is 0 Å². The van der Waals surface area contributed by atoms with Gasteiger partial charge in [0.15, 0.2) is 22.2 Å². The molecule has 0 bridgehead atoms. The Balaban J connectivity index is 1.97. The van der Waals surface area contributed by atoms with E-state index in [1.54, 1.807) is 0 Å². The fourth-order valence-corrected chi connectivity index (χ4v) is 2.20. The number of carbonyl (C=O) groups excluding carboxylic acids is 1. The molecule has 2 aromatic rings. The van der Waals surface area contributed by atoms with Crippen molar-refractivity contribution in [3.8, 4) is 11.5 Å². The molecular weight excluding hydrogens is 332 g/mol. The Morgan fingerprint density at radius 1 is 0.727 bits per heavy atom. The van der Waals surface area contributed by atoms with Crippen molar-refractivity contribution in [2.24, 2.45) is 0 Å². The minimum Gasteiger partial charge on any atom is -0.395 e. The minimum atomic E-state index is -2.10. The smallest absolute Gasteiger partial charge is 0.395 e. The van der Waals surface area contributed by atoms with Crippen molar-refractivity contribution in [1.29, 1.82) is 0 Å². The van der Waals surface area contributed by atoms with Crippen molar-refractivity contribution in [3.63, 3.8) is 0 Å². The average Bonchev–Trinajstić information content (AvgIpc) is 2.48. The van der Waals surface area contributed by atoms with Gasteiger partial charge >= 0.3 is 6.16 Å². The highest BCUT2D eigenvalue weighted by molar-refractivity contribution is 7.79. The molecule has 2 atom stereocenters. The summed E-state index contributed by atoms with van der Waals surface area (Å²) in [4.78, 5) is 11.9. The van der Waals surface area contributed by atoms with E-state index in [1.807, 2.05) is 0 Å². The molecule has 0 spiro atoms. The van der Waals surface area contributed by atoms with E-state index in [1.165, 1.54) is 48.5 Å². The predicted octanol–water partition coefficient (Wildman–Crippen LogP) is 2.43. The minimum absolute atomic E-state index is 0.146. The molecule has 2 rings (SSSR count). The molecule has 2 aromatic carbocycles. The highest BCUT2D eigenvalue weighted by Crippen LogP contribution is 2.17. The summed E-state index contributed by atoms with van der Waals surface area (Å²) in [6.45, 7) is 0. The second-order valence-electron chi connectivity index (χ2n) is 3.90. The molecule has 0 amide bonds. The molecule has 22 heavy (non-hydrogen) atoms. The van der Waals surface area contributed by atoms with Crippen molar-refractivity contribution in [1.82, 2.24) is 0 Å². The van der Waals surface area contributed by atoms with Gasteiger partial charge in [-0.25, -0.2) is 13.2 Å². The van der Waals surface area contributed by atoms with E-state index < -0.39 is 28.3 Å².